The maximum Gasteiger partial charge on any atom is 1.00 e. The Labute approximate surface area is 139 Å². The van der Waals surface area contributed by atoms with Gasteiger partial charge in [-0.15, -0.1) is 4.90 Å². The van der Waals surface area contributed by atoms with Crippen LogP contribution in [0.1, 0.15) is 10.4 Å². The normalized spacial score (nSPS) is 8.63. The molecule has 0 unspecified atom stereocenters. The van der Waals surface area contributed by atoms with Gasteiger partial charge in [-0.25, -0.2) is 0 Å². The van der Waals surface area contributed by atoms with Gasteiger partial charge in [0, 0.05) is 5.56 Å². The van der Waals surface area contributed by atoms with Crippen LogP contribution in [0, 0.1) is 0 Å². The van der Waals surface area contributed by atoms with Crippen LogP contribution in [0.3, 0.4) is 0 Å². The van der Waals surface area contributed by atoms with Crippen molar-refractivity contribution >= 4 is 18.5 Å². The van der Waals surface area contributed by atoms with Gasteiger partial charge in [-0.3, -0.25) is 4.79 Å². The first-order valence-corrected chi connectivity index (χ1v) is 5.45. The van der Waals surface area contributed by atoms with Crippen LogP contribution in [0.15, 0.2) is 53.4 Å². The van der Waals surface area contributed by atoms with Crippen LogP contribution in [0.5, 0.6) is 11.5 Å². The molecule has 0 aliphatic heterocycles. The number of aromatic hydroxyl groups is 2. The zero-order valence-corrected chi connectivity index (χ0v) is 13.2. The predicted octanol–water partition coefficient (Wildman–Crippen LogP) is -1.21. The summed E-state index contributed by atoms with van der Waals surface area (Å²) in [4.78, 5) is 10.9. The van der Waals surface area contributed by atoms with Crippen LogP contribution in [-0.2, 0) is 12.6 Å². The fourth-order valence-corrected chi connectivity index (χ4v) is 1.23. The molecule has 4 nitrogen and oxygen atoms in total. The zero-order chi connectivity index (χ0) is 13.5. The quantitative estimate of drug-likeness (QED) is 0.454. The monoisotopic (exact) mass is 285 g/mol. The van der Waals surface area contributed by atoms with Gasteiger partial charge in [-0.1, -0.05) is 30.3 Å². The Hall–Kier alpha value is -1.27. The zero-order valence-electron chi connectivity index (χ0n) is 10.4. The number of carbonyl (C=O) groups is 1. The largest absolute Gasteiger partial charge is 1.00 e. The summed E-state index contributed by atoms with van der Waals surface area (Å²) < 4.78 is 0. The first-order chi connectivity index (χ1) is 8.50. The number of phenols is 2. The molecule has 0 bridgehead atoms. The van der Waals surface area contributed by atoms with Gasteiger partial charge in [0.15, 0.2) is 0 Å². The molecule has 94 valence electrons. The van der Waals surface area contributed by atoms with Crippen molar-refractivity contribution in [2.45, 2.75) is 4.90 Å². The maximum absolute atomic E-state index is 10.5. The van der Waals surface area contributed by atoms with E-state index in [1.807, 2.05) is 6.07 Å². The molecule has 0 saturated heterocycles. The van der Waals surface area contributed by atoms with E-state index in [1.54, 1.807) is 24.3 Å². The summed E-state index contributed by atoms with van der Waals surface area (Å²) in [6.45, 7) is 0. The average Bonchev–Trinajstić information content (AvgIpc) is 2.34. The number of carbonyl (C=O) groups excluding carboxylic acids is 1. The molecular formula is C13H12NNaO3S. The van der Waals surface area contributed by atoms with Crippen molar-refractivity contribution in [3.8, 4) is 11.5 Å². The molecule has 0 fully saturated rings. The molecule has 2 rings (SSSR count). The molecule has 4 N–H and O–H groups in total. The van der Waals surface area contributed by atoms with Crippen LogP contribution in [0.2, 0.25) is 0 Å². The van der Waals surface area contributed by atoms with Gasteiger partial charge in [0.2, 0.25) is 5.91 Å². The number of hydrogen-bond donors (Lipinski definition) is 3. The molecule has 0 aliphatic rings. The number of hydrogen-bond acceptors (Lipinski definition) is 4. The van der Waals surface area contributed by atoms with Crippen molar-refractivity contribution in [3.63, 3.8) is 0 Å². The van der Waals surface area contributed by atoms with Crippen molar-refractivity contribution in [2.24, 2.45) is 5.73 Å². The minimum atomic E-state index is -0.574. The van der Waals surface area contributed by atoms with Crippen molar-refractivity contribution in [1.29, 1.82) is 0 Å². The first kappa shape index (κ1) is 17.7. The molecule has 0 aromatic heterocycles. The molecule has 2 aromatic carbocycles. The number of phenolic OH excluding ortho intramolecular Hbond substituents is 2. The van der Waals surface area contributed by atoms with Crippen LogP contribution in [0.4, 0.5) is 0 Å². The van der Waals surface area contributed by atoms with E-state index in [2.05, 4.69) is 0 Å². The second-order valence-corrected chi connectivity index (χ2v) is 3.82. The Morgan fingerprint density at radius 2 is 1.63 bits per heavy atom. The molecule has 1 amide bonds. The average molecular weight is 285 g/mol. The Morgan fingerprint density at radius 1 is 1.05 bits per heavy atom. The smallest absolute Gasteiger partial charge is 0.776 e. The number of amides is 1. The van der Waals surface area contributed by atoms with Crippen molar-refractivity contribution in [1.82, 2.24) is 0 Å². The minimum absolute atomic E-state index is 0. The summed E-state index contributed by atoms with van der Waals surface area (Å²) in [5.74, 6) is -0.339. The fourth-order valence-electron chi connectivity index (χ4n) is 1.10. The molecule has 6 heteroatoms. The van der Waals surface area contributed by atoms with E-state index in [4.69, 9.17) is 28.6 Å². The van der Waals surface area contributed by atoms with Crippen LogP contribution in [0.25, 0.3) is 0 Å². The summed E-state index contributed by atoms with van der Waals surface area (Å²) in [6.07, 6.45) is 0. The van der Waals surface area contributed by atoms with Crippen molar-refractivity contribution in [3.05, 3.63) is 54.1 Å². The van der Waals surface area contributed by atoms with Gasteiger partial charge in [-0.2, -0.15) is 0 Å². The van der Waals surface area contributed by atoms with E-state index in [0.717, 1.165) is 0 Å². The topological polar surface area (TPSA) is 83.6 Å². The van der Waals surface area contributed by atoms with Crippen LogP contribution < -0.4 is 35.3 Å². The SMILES string of the molecule is NC(=O)c1ccc([S-])c(O)c1.Oc1ccccc1.[Na+]. The van der Waals surface area contributed by atoms with E-state index in [0.29, 0.717) is 10.6 Å². The number of rotatable bonds is 1. The predicted molar refractivity (Wildman–Crippen MR) is 70.4 cm³/mol. The molecule has 2 aromatic rings. The second kappa shape index (κ2) is 8.77. The molecule has 0 spiro atoms. The molecule has 0 aliphatic carbocycles. The number of primary amides is 1. The summed E-state index contributed by atoms with van der Waals surface area (Å²) in [7, 11) is 0. The van der Waals surface area contributed by atoms with Gasteiger partial charge < -0.3 is 28.6 Å². The number of nitrogens with two attached hydrogens (primary N) is 1. The maximum atomic E-state index is 10.5. The van der Waals surface area contributed by atoms with E-state index < -0.39 is 5.91 Å². The van der Waals surface area contributed by atoms with Gasteiger partial charge >= 0.3 is 29.6 Å². The fraction of sp³-hybridized carbons (Fsp3) is 0. The second-order valence-electron chi connectivity index (χ2n) is 3.38. The Morgan fingerprint density at radius 3 is 2.00 bits per heavy atom. The Balaban J connectivity index is 0.000000352. The third kappa shape index (κ3) is 6.45. The Bertz CT molecular complexity index is 535. The van der Waals surface area contributed by atoms with Gasteiger partial charge in [0.05, 0.1) is 5.75 Å². The van der Waals surface area contributed by atoms with Crippen LogP contribution in [-0.4, -0.2) is 16.1 Å². The number of benzene rings is 2. The van der Waals surface area contributed by atoms with E-state index in [1.165, 1.54) is 18.2 Å². The summed E-state index contributed by atoms with van der Waals surface area (Å²) in [5, 5.41) is 17.7. The molecular weight excluding hydrogens is 273 g/mol. The summed E-state index contributed by atoms with van der Waals surface area (Å²) in [6, 6.07) is 12.9. The van der Waals surface area contributed by atoms with E-state index >= 15 is 0 Å². The van der Waals surface area contributed by atoms with Crippen molar-refractivity contribution in [2.75, 3.05) is 0 Å². The summed E-state index contributed by atoms with van der Waals surface area (Å²) in [5.41, 5.74) is 5.21. The molecule has 0 radical (unpaired) electrons. The van der Waals surface area contributed by atoms with Crippen molar-refractivity contribution < 1.29 is 44.6 Å². The standard InChI is InChI=1S/C7H7NO2S.C6H6O.Na/c8-7(10)4-1-2-6(11)5(9)3-4;7-6-4-2-1-3-5-6;/h1-3,9,11H,(H2,8,10);1-5,7H;/q;;+1/p-1. The van der Waals surface area contributed by atoms with Gasteiger partial charge in [-0.05, 0) is 18.2 Å². The molecule has 0 atom stereocenters. The third-order valence-corrected chi connectivity index (χ3v) is 2.34. The molecule has 19 heavy (non-hydrogen) atoms. The minimum Gasteiger partial charge on any atom is -0.776 e. The van der Waals surface area contributed by atoms with Crippen LogP contribution >= 0.6 is 0 Å². The van der Waals surface area contributed by atoms with E-state index in [9.17, 15) is 4.79 Å². The van der Waals surface area contributed by atoms with Gasteiger partial charge in [0.25, 0.3) is 0 Å². The molecule has 0 heterocycles. The third-order valence-electron chi connectivity index (χ3n) is 2.00. The number of para-hydroxylation sites is 1. The molecule has 0 saturated carbocycles. The summed E-state index contributed by atoms with van der Waals surface area (Å²) >= 11 is 4.70. The van der Waals surface area contributed by atoms with Gasteiger partial charge in [0.1, 0.15) is 5.75 Å². The Kier molecular flexibility index (Phi) is 8.18. The van der Waals surface area contributed by atoms with E-state index in [-0.39, 0.29) is 40.9 Å². The first-order valence-electron chi connectivity index (χ1n) is 5.04.